The molecule has 0 saturated carbocycles. The molecule has 0 N–H and O–H groups in total. The zero-order valence-electron chi connectivity index (χ0n) is 2.12. The fourth-order valence-electron chi connectivity index (χ4n) is 0. The van der Waals surface area contributed by atoms with Gasteiger partial charge >= 0.3 is 56.8 Å². The third kappa shape index (κ3) is 2.93. The number of rotatable bonds is 0. The molecular formula is C2BaO. The van der Waals surface area contributed by atoms with Gasteiger partial charge in [0.1, 0.15) is 0 Å². The summed E-state index contributed by atoms with van der Waals surface area (Å²) in [5, 5.41) is 0. The summed E-state index contributed by atoms with van der Waals surface area (Å²) in [4.78, 5) is 8.99. The van der Waals surface area contributed by atoms with Crippen molar-refractivity contribution in [3.63, 3.8) is 0 Å². The van der Waals surface area contributed by atoms with Crippen molar-refractivity contribution >= 4 is 52.0 Å². The summed E-state index contributed by atoms with van der Waals surface area (Å²) in [5.41, 5.74) is 0. The first-order valence-corrected chi connectivity index (χ1v) is 3.03. The van der Waals surface area contributed by atoms with Gasteiger partial charge in [0.25, 0.3) is 0 Å². The summed E-state index contributed by atoms with van der Waals surface area (Å²) in [6, 6.07) is 0. The van der Waals surface area contributed by atoms with E-state index in [1.54, 1.807) is 0 Å². The first kappa shape index (κ1) is 4.93. The molecule has 4 heavy (non-hydrogen) atoms. The van der Waals surface area contributed by atoms with Crippen LogP contribution in [0.5, 0.6) is 0 Å². The van der Waals surface area contributed by atoms with Crippen LogP contribution in [0.3, 0.4) is 0 Å². The monoisotopic (exact) mass is 178 g/mol. The molecule has 0 atom stereocenters. The first-order valence-electron chi connectivity index (χ1n) is 0.808. The molecule has 0 spiro atoms. The normalized spacial score (nSPS) is 3.50. The minimum atomic E-state index is 0.400. The molecule has 16 valence electrons. The van der Waals surface area contributed by atoms with E-state index in [0.29, 0.717) is 46.0 Å². The van der Waals surface area contributed by atoms with Crippen LogP contribution in [0.2, 0.25) is 0 Å². The predicted octanol–water partition coefficient (Wildman–Crippen LogP) is -1.06. The molecule has 2 heteroatoms. The standard InChI is InChI=1S/C2O.Ba/c1-2-3;. The number of carbonyl (C=O) groups excluding carboxylic acids is 1. The summed E-state index contributed by atoms with van der Waals surface area (Å²) in [7, 11) is 0. The van der Waals surface area contributed by atoms with E-state index >= 15 is 0 Å². The molecule has 0 rings (SSSR count). The van der Waals surface area contributed by atoms with Gasteiger partial charge in [0, 0.05) is 0 Å². The molecule has 0 aromatic heterocycles. The van der Waals surface area contributed by atoms with Gasteiger partial charge in [0.15, 0.2) is 0 Å². The summed E-state index contributed by atoms with van der Waals surface area (Å²) < 4.78 is 2.32. The third-order valence-electron chi connectivity index (χ3n) is 0.0722. The molecule has 0 aliphatic rings. The van der Waals surface area contributed by atoms with E-state index in [-0.39, 0.29) is 0 Å². The van der Waals surface area contributed by atoms with E-state index in [1.807, 2.05) is 0 Å². The van der Waals surface area contributed by atoms with Crippen molar-refractivity contribution in [3.8, 4) is 0 Å². The number of hydrogen-bond donors (Lipinski definition) is 0. The molecule has 0 fully saturated rings. The van der Waals surface area contributed by atoms with Crippen molar-refractivity contribution in [3.05, 3.63) is 0 Å². The van der Waals surface area contributed by atoms with E-state index in [1.165, 1.54) is 5.94 Å². The number of hydrogen-bond acceptors (Lipinski definition) is 1. The van der Waals surface area contributed by atoms with E-state index in [4.69, 9.17) is 4.79 Å². The van der Waals surface area contributed by atoms with Crippen LogP contribution in [0.15, 0.2) is 0 Å². The molecule has 0 aromatic rings. The fourth-order valence-corrected chi connectivity index (χ4v) is 0. The van der Waals surface area contributed by atoms with Crippen molar-refractivity contribution < 1.29 is 4.79 Å². The Balaban J connectivity index is 3.95. The zero-order chi connectivity index (χ0) is 3.41. The Morgan fingerprint density at radius 3 is 2.00 bits per heavy atom. The third-order valence-corrected chi connectivity index (χ3v) is 0.525. The van der Waals surface area contributed by atoms with Crippen LogP contribution in [0, 0.1) is 0 Å². The van der Waals surface area contributed by atoms with Crippen molar-refractivity contribution in [2.75, 3.05) is 0 Å². The Morgan fingerprint density at radius 1 is 1.75 bits per heavy atom. The van der Waals surface area contributed by atoms with Crippen LogP contribution in [-0.4, -0.2) is 52.0 Å². The van der Waals surface area contributed by atoms with Crippen LogP contribution >= 0.6 is 0 Å². The topological polar surface area (TPSA) is 17.1 Å². The van der Waals surface area contributed by atoms with Gasteiger partial charge in [-0.15, -0.1) is 0 Å². The molecular weight excluding hydrogens is 177 g/mol. The predicted molar refractivity (Wildman–Crippen MR) is 16.5 cm³/mol. The van der Waals surface area contributed by atoms with Gasteiger partial charge in [0.2, 0.25) is 0 Å². The van der Waals surface area contributed by atoms with Crippen molar-refractivity contribution in [1.82, 2.24) is 0 Å². The molecule has 0 unspecified atom stereocenters. The maximum absolute atomic E-state index is 8.99. The van der Waals surface area contributed by atoms with Gasteiger partial charge in [-0.25, -0.2) is 0 Å². The molecule has 0 aromatic carbocycles. The molecule has 0 heterocycles. The Bertz CT molecular complexity index is 56.1. The first-order chi connectivity index (χ1) is 1.91. The van der Waals surface area contributed by atoms with Gasteiger partial charge in [-0.1, -0.05) is 0 Å². The second-order valence-corrected chi connectivity index (χ2v) is 1.39. The summed E-state index contributed by atoms with van der Waals surface area (Å²) in [6.07, 6.45) is 0. The van der Waals surface area contributed by atoms with Crippen LogP contribution in [0.25, 0.3) is 0 Å². The van der Waals surface area contributed by atoms with Crippen LogP contribution in [-0.2, 0) is 4.79 Å². The summed E-state index contributed by atoms with van der Waals surface area (Å²) in [5.74, 6) is 1.52. The Hall–Kier alpha value is 0.931. The van der Waals surface area contributed by atoms with Crippen molar-refractivity contribution in [1.29, 1.82) is 0 Å². The molecule has 0 radical (unpaired) electrons. The van der Waals surface area contributed by atoms with Gasteiger partial charge < -0.3 is 0 Å². The van der Waals surface area contributed by atoms with Crippen LogP contribution in [0.4, 0.5) is 0 Å². The SMILES string of the molecule is O=C=[C]=[Ba]. The fraction of sp³-hybridized carbons (Fsp3) is 0. The van der Waals surface area contributed by atoms with Crippen LogP contribution < -0.4 is 0 Å². The Morgan fingerprint density at radius 2 is 2.00 bits per heavy atom. The molecule has 0 aliphatic carbocycles. The molecule has 0 bridgehead atoms. The van der Waals surface area contributed by atoms with Crippen LogP contribution in [0.1, 0.15) is 0 Å². The molecule has 0 amide bonds. The van der Waals surface area contributed by atoms with E-state index < -0.39 is 0 Å². The van der Waals surface area contributed by atoms with Gasteiger partial charge in [-0.2, -0.15) is 0 Å². The summed E-state index contributed by atoms with van der Waals surface area (Å²) >= 11 is 0.400. The van der Waals surface area contributed by atoms with E-state index in [0.717, 1.165) is 0 Å². The quantitative estimate of drug-likeness (QED) is 0.341. The molecule has 0 saturated heterocycles. The Labute approximate surface area is 55.8 Å². The molecule has 1 nitrogen and oxygen atoms in total. The average molecular weight is 177 g/mol. The summed E-state index contributed by atoms with van der Waals surface area (Å²) in [6.45, 7) is 0. The average Bonchev–Trinajstić information content (AvgIpc) is 1.37. The van der Waals surface area contributed by atoms with Gasteiger partial charge in [-0.05, 0) is 0 Å². The maximum atomic E-state index is 8.99. The second-order valence-electron chi connectivity index (χ2n) is 0.279. The minimum absolute atomic E-state index is 0.400. The zero-order valence-corrected chi connectivity index (χ0v) is 6.56. The molecule has 0 aliphatic heterocycles. The van der Waals surface area contributed by atoms with Gasteiger partial charge in [-0.3, -0.25) is 0 Å². The van der Waals surface area contributed by atoms with E-state index in [9.17, 15) is 0 Å². The Kier molecular flexibility index (Phi) is 4.85. The second kappa shape index (κ2) is 3.93. The van der Waals surface area contributed by atoms with Gasteiger partial charge in [0.05, 0.1) is 0 Å². The van der Waals surface area contributed by atoms with Crippen molar-refractivity contribution in [2.24, 2.45) is 0 Å². The van der Waals surface area contributed by atoms with E-state index in [2.05, 4.69) is 0.101 Å². The van der Waals surface area contributed by atoms with Crippen molar-refractivity contribution in [2.45, 2.75) is 0 Å².